The van der Waals surface area contributed by atoms with Crippen LogP contribution in [0.2, 0.25) is 0 Å². The maximum absolute atomic E-state index is 11.7. The molecular formula is C6H9F3N4. The van der Waals surface area contributed by atoms with E-state index in [1.807, 2.05) is 0 Å². The predicted molar refractivity (Wildman–Crippen MR) is 38.8 cm³/mol. The van der Waals surface area contributed by atoms with Crippen molar-refractivity contribution in [3.05, 3.63) is 12.2 Å². The second-order valence-corrected chi connectivity index (χ2v) is 2.52. The normalized spacial score (nSPS) is 12.0. The quantitative estimate of drug-likeness (QED) is 0.760. The van der Waals surface area contributed by atoms with Gasteiger partial charge in [0.1, 0.15) is 12.2 Å². The Morgan fingerprint density at radius 2 is 2.23 bits per heavy atom. The summed E-state index contributed by atoms with van der Waals surface area (Å²) in [5.74, 6) is 0.476. The lowest BCUT2D eigenvalue weighted by molar-refractivity contribution is -0.125. The summed E-state index contributed by atoms with van der Waals surface area (Å²) in [6.45, 7) is -0.949. The smallest absolute Gasteiger partial charge is 0.302 e. The molecule has 7 heteroatoms. The number of aromatic nitrogens is 3. The van der Waals surface area contributed by atoms with Crippen LogP contribution in [0.5, 0.6) is 0 Å². The van der Waals surface area contributed by atoms with Crippen molar-refractivity contribution in [3.63, 3.8) is 0 Å². The third-order valence-corrected chi connectivity index (χ3v) is 1.41. The average Bonchev–Trinajstić information content (AvgIpc) is 2.34. The number of nitrogens with one attached hydrogen (secondary N) is 1. The molecule has 0 aliphatic heterocycles. The van der Waals surface area contributed by atoms with Gasteiger partial charge >= 0.3 is 6.18 Å². The Bertz CT molecular complexity index is 267. The van der Waals surface area contributed by atoms with Gasteiger partial charge in [0.2, 0.25) is 0 Å². The molecule has 0 saturated heterocycles. The van der Waals surface area contributed by atoms with E-state index < -0.39 is 12.7 Å². The first-order valence-corrected chi connectivity index (χ1v) is 3.59. The number of hydrogen-bond acceptors (Lipinski definition) is 3. The lowest BCUT2D eigenvalue weighted by atomic mass is 10.5. The van der Waals surface area contributed by atoms with Gasteiger partial charge < -0.3 is 5.32 Å². The Morgan fingerprint density at radius 3 is 2.69 bits per heavy atom. The molecule has 0 radical (unpaired) electrons. The lowest BCUT2D eigenvalue weighted by Crippen LogP contribution is -2.29. The number of hydrogen-bond donors (Lipinski definition) is 1. The molecule has 0 aliphatic rings. The van der Waals surface area contributed by atoms with E-state index in [2.05, 4.69) is 15.4 Å². The molecule has 4 nitrogen and oxygen atoms in total. The van der Waals surface area contributed by atoms with Crippen LogP contribution in [0.1, 0.15) is 5.82 Å². The van der Waals surface area contributed by atoms with Gasteiger partial charge in [0, 0.05) is 7.05 Å². The van der Waals surface area contributed by atoms with E-state index in [1.165, 1.54) is 11.0 Å². The van der Waals surface area contributed by atoms with Crippen LogP contribution in [0.4, 0.5) is 13.2 Å². The summed E-state index contributed by atoms with van der Waals surface area (Å²) >= 11 is 0. The van der Waals surface area contributed by atoms with Crippen molar-refractivity contribution < 1.29 is 13.2 Å². The molecule has 1 aromatic rings. The van der Waals surface area contributed by atoms with E-state index in [9.17, 15) is 13.2 Å². The second kappa shape index (κ2) is 3.73. The minimum atomic E-state index is -4.18. The van der Waals surface area contributed by atoms with E-state index in [1.54, 1.807) is 7.05 Å². The summed E-state index contributed by atoms with van der Waals surface area (Å²) in [7, 11) is 1.62. The Balaban J connectivity index is 2.32. The van der Waals surface area contributed by atoms with Gasteiger partial charge in [0.25, 0.3) is 0 Å². The van der Waals surface area contributed by atoms with Gasteiger partial charge in [-0.2, -0.15) is 18.3 Å². The van der Waals surface area contributed by atoms with Crippen LogP contribution in [-0.2, 0) is 13.6 Å². The predicted octanol–water partition coefficient (Wildman–Crippen LogP) is 0.467. The largest absolute Gasteiger partial charge is 0.401 e. The van der Waals surface area contributed by atoms with Crippen LogP contribution in [0.25, 0.3) is 0 Å². The SMILES string of the molecule is Cn1ncnc1CNCC(F)(F)F. The Kier molecular flexibility index (Phi) is 2.86. The minimum absolute atomic E-state index is 0.0655. The van der Waals surface area contributed by atoms with E-state index in [0.29, 0.717) is 5.82 Å². The summed E-state index contributed by atoms with van der Waals surface area (Å²) in [4.78, 5) is 3.76. The van der Waals surface area contributed by atoms with Gasteiger partial charge in [0.05, 0.1) is 13.1 Å². The van der Waals surface area contributed by atoms with Crippen LogP contribution in [0.15, 0.2) is 6.33 Å². The summed E-state index contributed by atoms with van der Waals surface area (Å²) < 4.78 is 36.5. The first-order valence-electron chi connectivity index (χ1n) is 3.59. The highest BCUT2D eigenvalue weighted by molar-refractivity contribution is 4.82. The van der Waals surface area contributed by atoms with E-state index in [4.69, 9.17) is 0 Å². The number of halogens is 3. The fourth-order valence-electron chi connectivity index (χ4n) is 0.796. The molecule has 0 unspecified atom stereocenters. The van der Waals surface area contributed by atoms with Gasteiger partial charge in [-0.3, -0.25) is 4.68 Å². The Labute approximate surface area is 72.8 Å². The number of nitrogens with zero attached hydrogens (tertiary/aromatic N) is 3. The fraction of sp³-hybridized carbons (Fsp3) is 0.667. The van der Waals surface area contributed by atoms with Crippen LogP contribution >= 0.6 is 0 Å². The van der Waals surface area contributed by atoms with Crippen molar-refractivity contribution >= 4 is 0 Å². The topological polar surface area (TPSA) is 42.7 Å². The van der Waals surface area contributed by atoms with Gasteiger partial charge in [-0.15, -0.1) is 0 Å². The van der Waals surface area contributed by atoms with Crippen molar-refractivity contribution in [3.8, 4) is 0 Å². The first kappa shape index (κ1) is 9.97. The van der Waals surface area contributed by atoms with Crippen molar-refractivity contribution in [1.29, 1.82) is 0 Å². The van der Waals surface area contributed by atoms with E-state index in [-0.39, 0.29) is 6.54 Å². The fourth-order valence-corrected chi connectivity index (χ4v) is 0.796. The number of aryl methyl sites for hydroxylation is 1. The molecule has 0 aliphatic carbocycles. The van der Waals surface area contributed by atoms with Crippen LogP contribution in [-0.4, -0.2) is 27.5 Å². The molecule has 0 saturated carbocycles. The highest BCUT2D eigenvalue weighted by Crippen LogP contribution is 2.12. The Morgan fingerprint density at radius 1 is 1.54 bits per heavy atom. The molecule has 0 amide bonds. The molecule has 1 aromatic heterocycles. The lowest BCUT2D eigenvalue weighted by Gasteiger charge is -2.06. The molecule has 74 valence electrons. The third kappa shape index (κ3) is 3.41. The van der Waals surface area contributed by atoms with Gasteiger partial charge in [-0.1, -0.05) is 0 Å². The zero-order valence-electron chi connectivity index (χ0n) is 6.97. The average molecular weight is 194 g/mol. The van der Waals surface area contributed by atoms with Crippen LogP contribution < -0.4 is 5.32 Å². The van der Waals surface area contributed by atoms with Crippen molar-refractivity contribution in [1.82, 2.24) is 20.1 Å². The second-order valence-electron chi connectivity index (χ2n) is 2.52. The number of rotatable bonds is 3. The molecule has 0 fully saturated rings. The highest BCUT2D eigenvalue weighted by atomic mass is 19.4. The molecular weight excluding hydrogens is 185 g/mol. The van der Waals surface area contributed by atoms with Gasteiger partial charge in [-0.05, 0) is 0 Å². The summed E-state index contributed by atoms with van der Waals surface area (Å²) in [5.41, 5.74) is 0. The van der Waals surface area contributed by atoms with Crippen LogP contribution in [0, 0.1) is 0 Å². The zero-order valence-corrected chi connectivity index (χ0v) is 6.97. The number of alkyl halides is 3. The first-order chi connectivity index (χ1) is 5.99. The maximum Gasteiger partial charge on any atom is 0.401 e. The van der Waals surface area contributed by atoms with E-state index >= 15 is 0 Å². The molecule has 1 rings (SSSR count). The zero-order chi connectivity index (χ0) is 9.90. The van der Waals surface area contributed by atoms with Crippen molar-refractivity contribution in [2.45, 2.75) is 12.7 Å². The van der Waals surface area contributed by atoms with Crippen LogP contribution in [0.3, 0.4) is 0 Å². The minimum Gasteiger partial charge on any atom is -0.302 e. The third-order valence-electron chi connectivity index (χ3n) is 1.41. The molecule has 1 heterocycles. The Hall–Kier alpha value is -1.11. The molecule has 0 bridgehead atoms. The van der Waals surface area contributed by atoms with Gasteiger partial charge in [0.15, 0.2) is 0 Å². The van der Waals surface area contributed by atoms with Crippen molar-refractivity contribution in [2.24, 2.45) is 7.05 Å². The highest BCUT2D eigenvalue weighted by Gasteiger charge is 2.26. The van der Waals surface area contributed by atoms with E-state index in [0.717, 1.165) is 0 Å². The monoisotopic (exact) mass is 194 g/mol. The van der Waals surface area contributed by atoms with Crippen molar-refractivity contribution in [2.75, 3.05) is 6.54 Å². The molecule has 1 N–H and O–H groups in total. The molecule has 0 aromatic carbocycles. The standard InChI is InChI=1S/C6H9F3N4/c1-13-5(11-4-12-13)2-10-3-6(7,8)9/h4,10H,2-3H2,1H3. The van der Waals surface area contributed by atoms with Gasteiger partial charge in [-0.25, -0.2) is 4.98 Å². The summed E-state index contributed by atoms with van der Waals surface area (Å²) in [5, 5.41) is 5.94. The molecule has 0 atom stereocenters. The summed E-state index contributed by atoms with van der Waals surface area (Å²) in [6.07, 6.45) is -2.89. The molecule has 13 heavy (non-hydrogen) atoms. The maximum atomic E-state index is 11.7. The molecule has 0 spiro atoms. The summed E-state index contributed by atoms with van der Waals surface area (Å²) in [6, 6.07) is 0.